The van der Waals surface area contributed by atoms with Gasteiger partial charge in [-0.2, -0.15) is 5.10 Å². The highest BCUT2D eigenvalue weighted by molar-refractivity contribution is 6.35. The second kappa shape index (κ2) is 10.6. The molecule has 0 saturated heterocycles. The zero-order chi connectivity index (χ0) is 24.0. The highest BCUT2D eigenvalue weighted by atomic mass is 35.5. The minimum absolute atomic E-state index is 0.0852. The summed E-state index contributed by atoms with van der Waals surface area (Å²) in [5.41, 5.74) is 8.04. The van der Waals surface area contributed by atoms with Crippen molar-refractivity contribution in [3.05, 3.63) is 83.9 Å². The molecule has 0 saturated carbocycles. The van der Waals surface area contributed by atoms with Crippen molar-refractivity contribution in [1.29, 1.82) is 0 Å². The molecule has 0 unspecified atom stereocenters. The maximum atomic E-state index is 12.7. The molecule has 8 nitrogen and oxygen atoms in total. The predicted molar refractivity (Wildman–Crippen MR) is 130 cm³/mol. The molecule has 33 heavy (non-hydrogen) atoms. The van der Waals surface area contributed by atoms with Gasteiger partial charge in [0.05, 0.1) is 11.3 Å². The number of nitrogens with one attached hydrogen (secondary N) is 2. The molecule has 0 bridgehead atoms. The lowest BCUT2D eigenvalue weighted by molar-refractivity contribution is -0.112. The summed E-state index contributed by atoms with van der Waals surface area (Å²) in [7, 11) is 1.74. The molecule has 0 aliphatic rings. The minimum atomic E-state index is -0.428. The highest BCUT2D eigenvalue weighted by Crippen LogP contribution is 2.24. The highest BCUT2D eigenvalue weighted by Gasteiger charge is 2.13. The normalized spacial score (nSPS) is 10.4. The molecule has 0 fully saturated rings. The van der Waals surface area contributed by atoms with Crippen molar-refractivity contribution in [2.45, 2.75) is 0 Å². The molecule has 1 aromatic heterocycles. The molecule has 4 N–H and O–H groups in total. The maximum absolute atomic E-state index is 12.7. The smallest absolute Gasteiger partial charge is 0.256 e. The third-order valence-electron chi connectivity index (χ3n) is 4.64. The van der Waals surface area contributed by atoms with E-state index in [0.29, 0.717) is 41.7 Å². The number of anilines is 2. The van der Waals surface area contributed by atoms with Crippen LogP contribution in [0, 0.1) is 0 Å². The fraction of sp³-hybridized carbons (Fsp3) is 0.125. The number of nitrogens with two attached hydrogens (primary N) is 1. The average Bonchev–Trinajstić information content (AvgIpc) is 3.17. The van der Waals surface area contributed by atoms with Crippen LogP contribution in [-0.2, 0) is 11.8 Å². The van der Waals surface area contributed by atoms with Crippen LogP contribution in [0.1, 0.15) is 10.4 Å². The fourth-order valence-corrected chi connectivity index (χ4v) is 2.96. The van der Waals surface area contributed by atoms with Crippen LogP contribution in [0.5, 0.6) is 5.75 Å². The van der Waals surface area contributed by atoms with Gasteiger partial charge in [-0.25, -0.2) is 0 Å². The summed E-state index contributed by atoms with van der Waals surface area (Å²) in [5.74, 6) is 0.382. The van der Waals surface area contributed by atoms with Crippen LogP contribution in [0.15, 0.2) is 78.4 Å². The largest absolute Gasteiger partial charge is 0.492 e. The van der Waals surface area contributed by atoms with E-state index in [-0.39, 0.29) is 16.5 Å². The zero-order valence-corrected chi connectivity index (χ0v) is 18.9. The third-order valence-corrected chi connectivity index (χ3v) is 4.87. The molecule has 2 aromatic carbocycles. The maximum Gasteiger partial charge on any atom is 0.256 e. The molecular formula is C24H24ClN5O3. The number of hydrogen-bond acceptors (Lipinski definition) is 5. The number of ether oxygens (including phenoxy) is 1. The van der Waals surface area contributed by atoms with Crippen LogP contribution in [0.2, 0.25) is 0 Å². The van der Waals surface area contributed by atoms with Crippen LogP contribution in [-0.4, -0.2) is 34.7 Å². The number of aromatic nitrogens is 2. The zero-order valence-electron chi connectivity index (χ0n) is 18.1. The number of hydrogen-bond donors (Lipinski definition) is 3. The molecular weight excluding hydrogens is 442 g/mol. The summed E-state index contributed by atoms with van der Waals surface area (Å²) in [6, 6.07) is 15.7. The van der Waals surface area contributed by atoms with Crippen molar-refractivity contribution in [3.8, 4) is 17.0 Å². The summed E-state index contributed by atoms with van der Waals surface area (Å²) in [6.07, 6.45) is 0. The van der Waals surface area contributed by atoms with Crippen molar-refractivity contribution >= 4 is 34.9 Å². The van der Waals surface area contributed by atoms with E-state index >= 15 is 0 Å². The number of benzene rings is 2. The molecule has 0 radical (unpaired) electrons. The summed E-state index contributed by atoms with van der Waals surface area (Å²) in [6.45, 7) is 7.84. The van der Waals surface area contributed by atoms with Gasteiger partial charge in [0.2, 0.25) is 0 Å². The summed E-state index contributed by atoms with van der Waals surface area (Å²) < 4.78 is 7.05. The topological polar surface area (TPSA) is 111 Å². The molecule has 2 amide bonds. The first-order chi connectivity index (χ1) is 15.8. The van der Waals surface area contributed by atoms with E-state index in [2.05, 4.69) is 28.9 Å². The lowest BCUT2D eigenvalue weighted by Crippen LogP contribution is -2.15. The number of carbonyl (C=O) groups is 2. The molecule has 3 rings (SSSR count). The number of aryl methyl sites for hydroxylation is 1. The van der Waals surface area contributed by atoms with Crippen LogP contribution < -0.4 is 21.1 Å². The Bertz CT molecular complexity index is 1200. The van der Waals surface area contributed by atoms with E-state index in [9.17, 15) is 9.59 Å². The predicted octanol–water partition coefficient (Wildman–Crippen LogP) is 3.92. The van der Waals surface area contributed by atoms with Crippen molar-refractivity contribution < 1.29 is 14.3 Å². The van der Waals surface area contributed by atoms with E-state index < -0.39 is 5.91 Å². The van der Waals surface area contributed by atoms with E-state index in [0.717, 1.165) is 5.56 Å². The van der Waals surface area contributed by atoms with Crippen LogP contribution in [0.4, 0.5) is 11.5 Å². The molecule has 3 aromatic rings. The van der Waals surface area contributed by atoms with Crippen molar-refractivity contribution in [2.24, 2.45) is 12.8 Å². The molecule has 0 spiro atoms. The van der Waals surface area contributed by atoms with Gasteiger partial charge in [0.1, 0.15) is 18.2 Å². The Kier molecular flexibility index (Phi) is 7.66. The summed E-state index contributed by atoms with van der Waals surface area (Å²) >= 11 is 5.71. The number of nitrogens with zero attached hydrogens (tertiary/aromatic N) is 2. The Morgan fingerprint density at radius 2 is 1.85 bits per heavy atom. The van der Waals surface area contributed by atoms with E-state index in [1.807, 2.05) is 0 Å². The van der Waals surface area contributed by atoms with E-state index in [1.54, 1.807) is 66.3 Å². The quantitative estimate of drug-likeness (QED) is 0.327. The monoisotopic (exact) mass is 465 g/mol. The molecule has 0 aliphatic heterocycles. The standard InChI is InChI=1S/C24H24ClN5O3/c1-15(16(2)25)23(31)27-19-9-7-17(8-10-19)21-14-22(30(3)29-21)28-24(32)18-5-4-6-20(13-18)33-12-11-26/h4-10,13-14H,1-2,11-12,26H2,3H3,(H,27,31)(H,28,32). The molecule has 1 heterocycles. The van der Waals surface area contributed by atoms with Gasteiger partial charge in [-0.1, -0.05) is 43.0 Å². The second-order valence-electron chi connectivity index (χ2n) is 7.07. The first-order valence-corrected chi connectivity index (χ1v) is 10.4. The van der Waals surface area contributed by atoms with Crippen LogP contribution in [0.25, 0.3) is 11.3 Å². The van der Waals surface area contributed by atoms with Gasteiger partial charge in [-0.05, 0) is 30.3 Å². The van der Waals surface area contributed by atoms with Gasteiger partial charge in [0.15, 0.2) is 0 Å². The second-order valence-corrected chi connectivity index (χ2v) is 7.53. The number of halogens is 1. The number of amides is 2. The first kappa shape index (κ1) is 23.8. The van der Waals surface area contributed by atoms with Crippen LogP contribution >= 0.6 is 11.6 Å². The minimum Gasteiger partial charge on any atom is -0.492 e. The van der Waals surface area contributed by atoms with E-state index in [1.165, 1.54) is 0 Å². The Morgan fingerprint density at radius 1 is 1.12 bits per heavy atom. The average molecular weight is 466 g/mol. The fourth-order valence-electron chi connectivity index (χ4n) is 2.87. The Morgan fingerprint density at radius 3 is 2.52 bits per heavy atom. The Labute approximate surface area is 196 Å². The van der Waals surface area contributed by atoms with Crippen molar-refractivity contribution in [3.63, 3.8) is 0 Å². The summed E-state index contributed by atoms with van der Waals surface area (Å²) in [5, 5.41) is 10.1. The molecule has 0 atom stereocenters. The SMILES string of the molecule is C=C(Cl)C(=C)C(=O)Nc1ccc(-c2cc(NC(=O)c3cccc(OCCN)c3)n(C)n2)cc1. The summed E-state index contributed by atoms with van der Waals surface area (Å²) in [4.78, 5) is 24.7. The van der Waals surface area contributed by atoms with Crippen LogP contribution in [0.3, 0.4) is 0 Å². The molecule has 9 heteroatoms. The lowest BCUT2D eigenvalue weighted by Gasteiger charge is -2.08. The third kappa shape index (κ3) is 6.09. The lowest BCUT2D eigenvalue weighted by atomic mass is 10.1. The number of rotatable bonds is 9. The first-order valence-electron chi connectivity index (χ1n) is 10.0. The Balaban J connectivity index is 1.70. The van der Waals surface area contributed by atoms with Crippen molar-refractivity contribution in [1.82, 2.24) is 9.78 Å². The van der Waals surface area contributed by atoms with E-state index in [4.69, 9.17) is 22.1 Å². The van der Waals surface area contributed by atoms with Gasteiger partial charge >= 0.3 is 0 Å². The number of carbonyl (C=O) groups excluding carboxylic acids is 2. The molecule has 170 valence electrons. The van der Waals surface area contributed by atoms with Gasteiger partial charge < -0.3 is 21.1 Å². The van der Waals surface area contributed by atoms with Gasteiger partial charge in [0, 0.05) is 41.5 Å². The Hall–Kier alpha value is -3.88. The van der Waals surface area contributed by atoms with Crippen molar-refractivity contribution in [2.75, 3.05) is 23.8 Å². The van der Waals surface area contributed by atoms with Gasteiger partial charge in [-0.15, -0.1) is 0 Å². The molecule has 0 aliphatic carbocycles. The van der Waals surface area contributed by atoms with Gasteiger partial charge in [0.25, 0.3) is 11.8 Å². The van der Waals surface area contributed by atoms with Gasteiger partial charge in [-0.3, -0.25) is 14.3 Å².